The van der Waals surface area contributed by atoms with E-state index >= 15 is 0 Å². The molecule has 0 aromatic heterocycles. The Balaban J connectivity index is 2.30. The standard InChI is InChI=1S/C16H17ClFNO/c1-16(19,10-11-4-3-5-13(18)8-11)12-6-7-14(17)15(9-12)20-2/h3-9H,10,19H2,1-2H3. The first-order valence-corrected chi connectivity index (χ1v) is 6.67. The van der Waals surface area contributed by atoms with Crippen LogP contribution in [0.3, 0.4) is 0 Å². The van der Waals surface area contributed by atoms with Gasteiger partial charge < -0.3 is 10.5 Å². The lowest BCUT2D eigenvalue weighted by Gasteiger charge is -2.26. The van der Waals surface area contributed by atoms with Crippen LogP contribution in [0.2, 0.25) is 5.02 Å². The summed E-state index contributed by atoms with van der Waals surface area (Å²) in [5.41, 5.74) is 7.48. The quantitative estimate of drug-likeness (QED) is 0.928. The zero-order chi connectivity index (χ0) is 14.8. The Hall–Kier alpha value is -1.58. The molecule has 0 fully saturated rings. The van der Waals surface area contributed by atoms with Crippen molar-refractivity contribution >= 4 is 11.6 Å². The molecule has 2 rings (SSSR count). The SMILES string of the molecule is COc1cc(C(C)(N)Cc2cccc(F)c2)ccc1Cl. The van der Waals surface area contributed by atoms with Crippen LogP contribution in [0.5, 0.6) is 5.75 Å². The van der Waals surface area contributed by atoms with Crippen molar-refractivity contribution in [3.63, 3.8) is 0 Å². The molecule has 0 bridgehead atoms. The van der Waals surface area contributed by atoms with Gasteiger partial charge in [-0.3, -0.25) is 0 Å². The number of ether oxygens (including phenoxy) is 1. The van der Waals surface area contributed by atoms with Crippen LogP contribution >= 0.6 is 11.6 Å². The molecular formula is C16H17ClFNO. The van der Waals surface area contributed by atoms with E-state index in [1.54, 1.807) is 19.2 Å². The summed E-state index contributed by atoms with van der Waals surface area (Å²) in [6.45, 7) is 1.90. The first-order chi connectivity index (χ1) is 9.42. The molecule has 20 heavy (non-hydrogen) atoms. The highest BCUT2D eigenvalue weighted by molar-refractivity contribution is 6.32. The Morgan fingerprint density at radius 1 is 1.25 bits per heavy atom. The Morgan fingerprint density at radius 2 is 2.00 bits per heavy atom. The lowest BCUT2D eigenvalue weighted by Crippen LogP contribution is -2.35. The van der Waals surface area contributed by atoms with Crippen molar-refractivity contribution in [2.24, 2.45) is 5.73 Å². The molecule has 0 radical (unpaired) electrons. The minimum absolute atomic E-state index is 0.257. The second kappa shape index (κ2) is 5.81. The van der Waals surface area contributed by atoms with Crippen LogP contribution in [0.4, 0.5) is 4.39 Å². The van der Waals surface area contributed by atoms with E-state index in [2.05, 4.69) is 0 Å². The van der Waals surface area contributed by atoms with Gasteiger partial charge in [-0.2, -0.15) is 0 Å². The smallest absolute Gasteiger partial charge is 0.137 e. The van der Waals surface area contributed by atoms with Crippen LogP contribution in [0.15, 0.2) is 42.5 Å². The fourth-order valence-corrected chi connectivity index (χ4v) is 2.38. The van der Waals surface area contributed by atoms with Crippen molar-refractivity contribution in [2.45, 2.75) is 18.9 Å². The van der Waals surface area contributed by atoms with Gasteiger partial charge in [0.1, 0.15) is 11.6 Å². The minimum atomic E-state index is -0.633. The molecule has 1 unspecified atom stereocenters. The molecule has 0 aliphatic heterocycles. The average Bonchev–Trinajstić information content (AvgIpc) is 2.38. The second-order valence-corrected chi connectivity index (χ2v) is 5.48. The number of nitrogens with two attached hydrogens (primary N) is 1. The number of methoxy groups -OCH3 is 1. The molecule has 0 saturated heterocycles. The first-order valence-electron chi connectivity index (χ1n) is 6.30. The molecule has 0 heterocycles. The summed E-state index contributed by atoms with van der Waals surface area (Å²) < 4.78 is 18.4. The van der Waals surface area contributed by atoms with E-state index in [9.17, 15) is 4.39 Å². The van der Waals surface area contributed by atoms with Crippen molar-refractivity contribution in [3.8, 4) is 5.75 Å². The maximum Gasteiger partial charge on any atom is 0.137 e. The molecule has 2 nitrogen and oxygen atoms in total. The monoisotopic (exact) mass is 293 g/mol. The maximum atomic E-state index is 13.2. The van der Waals surface area contributed by atoms with Crippen LogP contribution in [0.1, 0.15) is 18.1 Å². The first kappa shape index (κ1) is 14.8. The second-order valence-electron chi connectivity index (χ2n) is 5.07. The summed E-state index contributed by atoms with van der Waals surface area (Å²) in [5, 5.41) is 0.540. The fourth-order valence-electron chi connectivity index (χ4n) is 2.19. The van der Waals surface area contributed by atoms with E-state index in [0.717, 1.165) is 11.1 Å². The predicted octanol–water partition coefficient (Wildman–Crippen LogP) is 3.90. The van der Waals surface area contributed by atoms with Crippen LogP contribution in [-0.2, 0) is 12.0 Å². The lowest BCUT2D eigenvalue weighted by molar-refractivity contribution is 0.410. The predicted molar refractivity (Wildman–Crippen MR) is 79.6 cm³/mol. The van der Waals surface area contributed by atoms with Crippen molar-refractivity contribution in [2.75, 3.05) is 7.11 Å². The van der Waals surface area contributed by atoms with Gasteiger partial charge >= 0.3 is 0 Å². The van der Waals surface area contributed by atoms with Gasteiger partial charge in [0.05, 0.1) is 12.1 Å². The van der Waals surface area contributed by atoms with Gasteiger partial charge in [0.2, 0.25) is 0 Å². The molecule has 0 amide bonds. The highest BCUT2D eigenvalue weighted by Gasteiger charge is 2.23. The molecule has 1 atom stereocenters. The molecule has 2 aromatic carbocycles. The van der Waals surface area contributed by atoms with Crippen molar-refractivity contribution in [1.29, 1.82) is 0 Å². The molecule has 0 aliphatic carbocycles. The van der Waals surface area contributed by atoms with E-state index in [-0.39, 0.29) is 5.82 Å². The normalized spacial score (nSPS) is 13.8. The van der Waals surface area contributed by atoms with E-state index < -0.39 is 5.54 Å². The van der Waals surface area contributed by atoms with Gasteiger partial charge in [0.15, 0.2) is 0 Å². The third-order valence-corrected chi connectivity index (χ3v) is 3.58. The molecule has 106 valence electrons. The summed E-state index contributed by atoms with van der Waals surface area (Å²) in [4.78, 5) is 0. The van der Waals surface area contributed by atoms with E-state index in [0.29, 0.717) is 17.2 Å². The molecular weight excluding hydrogens is 277 g/mol. The topological polar surface area (TPSA) is 35.2 Å². The average molecular weight is 294 g/mol. The molecule has 2 N–H and O–H groups in total. The van der Waals surface area contributed by atoms with Crippen molar-refractivity contribution < 1.29 is 9.13 Å². The van der Waals surface area contributed by atoms with Crippen molar-refractivity contribution in [3.05, 3.63) is 64.4 Å². The van der Waals surface area contributed by atoms with Gasteiger partial charge in [-0.05, 0) is 48.7 Å². The fraction of sp³-hybridized carbons (Fsp3) is 0.250. The Kier molecular flexibility index (Phi) is 4.31. The number of benzene rings is 2. The van der Waals surface area contributed by atoms with Gasteiger partial charge in [0, 0.05) is 5.54 Å². The Bertz CT molecular complexity index is 613. The van der Waals surface area contributed by atoms with E-state index in [1.807, 2.05) is 25.1 Å². The maximum absolute atomic E-state index is 13.2. The molecule has 2 aromatic rings. The number of halogens is 2. The van der Waals surface area contributed by atoms with E-state index in [1.165, 1.54) is 12.1 Å². The molecule has 0 aliphatic rings. The highest BCUT2D eigenvalue weighted by atomic mass is 35.5. The van der Waals surface area contributed by atoms with Crippen LogP contribution < -0.4 is 10.5 Å². The van der Waals surface area contributed by atoms with Crippen LogP contribution in [0, 0.1) is 5.82 Å². The minimum Gasteiger partial charge on any atom is -0.495 e. The largest absolute Gasteiger partial charge is 0.495 e. The van der Waals surface area contributed by atoms with Crippen LogP contribution in [0.25, 0.3) is 0 Å². The summed E-state index contributed by atoms with van der Waals surface area (Å²) in [5.74, 6) is 0.326. The highest BCUT2D eigenvalue weighted by Crippen LogP contribution is 2.31. The van der Waals surface area contributed by atoms with Gasteiger partial charge in [0.25, 0.3) is 0 Å². The van der Waals surface area contributed by atoms with E-state index in [4.69, 9.17) is 22.1 Å². The third-order valence-electron chi connectivity index (χ3n) is 3.27. The number of hydrogen-bond acceptors (Lipinski definition) is 2. The molecule has 0 saturated carbocycles. The van der Waals surface area contributed by atoms with Gasteiger partial charge in [-0.15, -0.1) is 0 Å². The Labute approximate surface area is 123 Å². The number of hydrogen-bond donors (Lipinski definition) is 1. The van der Waals surface area contributed by atoms with Gasteiger partial charge in [-0.25, -0.2) is 4.39 Å². The lowest BCUT2D eigenvalue weighted by atomic mass is 9.86. The zero-order valence-corrected chi connectivity index (χ0v) is 12.2. The summed E-state index contributed by atoms with van der Waals surface area (Å²) in [6, 6.07) is 11.9. The summed E-state index contributed by atoms with van der Waals surface area (Å²) in [7, 11) is 1.56. The van der Waals surface area contributed by atoms with Crippen LogP contribution in [-0.4, -0.2) is 7.11 Å². The van der Waals surface area contributed by atoms with Crippen molar-refractivity contribution in [1.82, 2.24) is 0 Å². The third kappa shape index (κ3) is 3.30. The Morgan fingerprint density at radius 3 is 2.65 bits per heavy atom. The van der Waals surface area contributed by atoms with Gasteiger partial charge in [-0.1, -0.05) is 29.8 Å². The number of rotatable bonds is 4. The summed E-state index contributed by atoms with van der Waals surface area (Å²) >= 11 is 6.01. The zero-order valence-electron chi connectivity index (χ0n) is 11.5. The summed E-state index contributed by atoms with van der Waals surface area (Å²) in [6.07, 6.45) is 0.523. The molecule has 4 heteroatoms. The molecule has 0 spiro atoms.